The monoisotopic (exact) mass is 369 g/mol. The second kappa shape index (κ2) is 7.08. The van der Waals surface area contributed by atoms with Crippen molar-refractivity contribution in [1.82, 2.24) is 15.1 Å². The first-order valence-corrected chi connectivity index (χ1v) is 9.26. The Hall–Kier alpha value is -2.40. The van der Waals surface area contributed by atoms with Crippen LogP contribution in [0.2, 0.25) is 5.02 Å². The van der Waals surface area contributed by atoms with Gasteiger partial charge < -0.3 is 5.32 Å². The van der Waals surface area contributed by atoms with Crippen LogP contribution in [0.3, 0.4) is 0 Å². The zero-order valence-electron chi connectivity index (χ0n) is 14.3. The van der Waals surface area contributed by atoms with E-state index < -0.39 is 0 Å². The predicted molar refractivity (Wildman–Crippen MR) is 101 cm³/mol. The quantitative estimate of drug-likeness (QED) is 0.824. The van der Waals surface area contributed by atoms with Crippen LogP contribution in [0.1, 0.15) is 12.8 Å². The summed E-state index contributed by atoms with van der Waals surface area (Å²) < 4.78 is 1.19. The summed E-state index contributed by atoms with van der Waals surface area (Å²) in [5.74, 6) is 1.58. The summed E-state index contributed by atoms with van der Waals surface area (Å²) in [5, 5.41) is 7.82. The number of hydrogen-bond acceptors (Lipinski definition) is 3. The molecule has 26 heavy (non-hydrogen) atoms. The third-order valence-corrected chi connectivity index (χ3v) is 5.62. The predicted octanol–water partition coefficient (Wildman–Crippen LogP) is 2.89. The van der Waals surface area contributed by atoms with Gasteiger partial charge in [0.15, 0.2) is 0 Å². The number of aromatic nitrogens is 2. The summed E-state index contributed by atoms with van der Waals surface area (Å²) in [6.45, 7) is 0.567. The van der Waals surface area contributed by atoms with E-state index in [1.165, 1.54) is 17.2 Å². The molecule has 0 aliphatic heterocycles. The van der Waals surface area contributed by atoms with E-state index in [1.807, 2.05) is 18.2 Å². The molecule has 1 heterocycles. The van der Waals surface area contributed by atoms with E-state index in [9.17, 15) is 9.59 Å². The standard InChI is InChI=1S/C20H20ClN3O2/c21-17-4-2-1-3-16(17)18-7-8-20(26)24(23-18)12-19(25)22-11-15-10-13-5-6-14(15)9-13/h1-8,13-15H,9-12H2,(H,22,25)/t13-,14-,15+/m1/s1. The van der Waals surface area contributed by atoms with Crippen molar-refractivity contribution in [3.63, 3.8) is 0 Å². The molecule has 1 N–H and O–H groups in total. The molecule has 4 rings (SSSR count). The number of hydrogen-bond donors (Lipinski definition) is 1. The number of fused-ring (bicyclic) bond motifs is 2. The second-order valence-electron chi connectivity index (χ2n) is 7.04. The Morgan fingerprint density at radius 1 is 1.19 bits per heavy atom. The number of halogens is 1. The minimum absolute atomic E-state index is 0.0895. The van der Waals surface area contributed by atoms with E-state index in [4.69, 9.17) is 11.6 Å². The number of carbonyl (C=O) groups excluding carboxylic acids is 1. The van der Waals surface area contributed by atoms with Gasteiger partial charge in [0.05, 0.1) is 10.7 Å². The number of rotatable bonds is 5. The molecule has 2 aliphatic carbocycles. The van der Waals surface area contributed by atoms with Gasteiger partial charge in [-0.15, -0.1) is 0 Å². The smallest absolute Gasteiger partial charge is 0.267 e. The molecular formula is C20H20ClN3O2. The topological polar surface area (TPSA) is 64.0 Å². The van der Waals surface area contributed by atoms with Crippen LogP contribution in [0, 0.1) is 17.8 Å². The maximum absolute atomic E-state index is 12.3. The number of carbonyl (C=O) groups is 1. The molecule has 2 aromatic rings. The van der Waals surface area contributed by atoms with Gasteiger partial charge >= 0.3 is 0 Å². The third-order valence-electron chi connectivity index (χ3n) is 5.29. The van der Waals surface area contributed by atoms with E-state index in [2.05, 4.69) is 22.6 Å². The maximum Gasteiger partial charge on any atom is 0.267 e. The van der Waals surface area contributed by atoms with Crippen molar-refractivity contribution in [3.05, 3.63) is 63.9 Å². The van der Waals surface area contributed by atoms with Crippen molar-refractivity contribution in [2.75, 3.05) is 6.54 Å². The fourth-order valence-electron chi connectivity index (χ4n) is 3.94. The van der Waals surface area contributed by atoms with Crippen molar-refractivity contribution in [3.8, 4) is 11.3 Å². The first-order chi connectivity index (χ1) is 12.6. The summed E-state index contributed by atoms with van der Waals surface area (Å²) in [7, 11) is 0. The summed E-state index contributed by atoms with van der Waals surface area (Å²) in [6, 6.07) is 10.3. The molecule has 3 atom stereocenters. The number of nitrogens with one attached hydrogen (secondary N) is 1. The van der Waals surface area contributed by atoms with Gasteiger partial charge in [0.25, 0.3) is 5.56 Å². The molecule has 2 aliphatic rings. The molecule has 1 fully saturated rings. The van der Waals surface area contributed by atoms with Gasteiger partial charge in [0.1, 0.15) is 6.54 Å². The van der Waals surface area contributed by atoms with E-state index in [-0.39, 0.29) is 18.0 Å². The van der Waals surface area contributed by atoms with Gasteiger partial charge in [-0.3, -0.25) is 9.59 Å². The minimum Gasteiger partial charge on any atom is -0.354 e. The van der Waals surface area contributed by atoms with Crippen LogP contribution < -0.4 is 10.9 Å². The molecule has 0 radical (unpaired) electrons. The number of amides is 1. The zero-order valence-corrected chi connectivity index (χ0v) is 15.0. The molecule has 5 nitrogen and oxygen atoms in total. The van der Waals surface area contributed by atoms with E-state index >= 15 is 0 Å². The SMILES string of the molecule is O=C(Cn1nc(-c2ccccc2Cl)ccc1=O)NC[C@@H]1C[C@@H]2C=C[C@@H]1C2. The van der Waals surface area contributed by atoms with E-state index in [1.54, 1.807) is 12.1 Å². The van der Waals surface area contributed by atoms with Gasteiger partial charge in [0, 0.05) is 18.2 Å². The Bertz CT molecular complexity index is 921. The van der Waals surface area contributed by atoms with Gasteiger partial charge in [0.2, 0.25) is 5.91 Å². The highest BCUT2D eigenvalue weighted by molar-refractivity contribution is 6.33. The number of benzene rings is 1. The Kier molecular flexibility index (Phi) is 4.64. The van der Waals surface area contributed by atoms with Crippen molar-refractivity contribution in [1.29, 1.82) is 0 Å². The van der Waals surface area contributed by atoms with Crippen molar-refractivity contribution >= 4 is 17.5 Å². The fraction of sp³-hybridized carbons (Fsp3) is 0.350. The van der Waals surface area contributed by atoms with Crippen LogP contribution >= 0.6 is 11.6 Å². The molecule has 1 amide bonds. The molecule has 1 saturated carbocycles. The van der Waals surface area contributed by atoms with Crippen LogP contribution in [-0.4, -0.2) is 22.2 Å². The lowest BCUT2D eigenvalue weighted by Gasteiger charge is -2.18. The lowest BCUT2D eigenvalue weighted by atomic mass is 9.94. The van der Waals surface area contributed by atoms with Crippen LogP contribution in [0.25, 0.3) is 11.3 Å². The number of allylic oxidation sites excluding steroid dienone is 2. The van der Waals surface area contributed by atoms with E-state index in [0.29, 0.717) is 35.0 Å². The second-order valence-corrected chi connectivity index (χ2v) is 7.45. The Labute approximate surface area is 156 Å². The van der Waals surface area contributed by atoms with Gasteiger partial charge in [-0.25, -0.2) is 4.68 Å². The summed E-state index contributed by atoms with van der Waals surface area (Å²) in [5.41, 5.74) is 0.997. The lowest BCUT2D eigenvalue weighted by Crippen LogP contribution is -2.36. The Morgan fingerprint density at radius 2 is 2.04 bits per heavy atom. The molecule has 0 spiro atoms. The molecule has 1 aromatic carbocycles. The Morgan fingerprint density at radius 3 is 2.77 bits per heavy atom. The van der Waals surface area contributed by atoms with Gasteiger partial charge in [-0.1, -0.05) is 42.0 Å². The van der Waals surface area contributed by atoms with Crippen molar-refractivity contribution in [2.45, 2.75) is 19.4 Å². The highest BCUT2D eigenvalue weighted by Gasteiger charge is 2.35. The summed E-state index contributed by atoms with van der Waals surface area (Å²) >= 11 is 6.20. The maximum atomic E-state index is 12.3. The Balaban J connectivity index is 1.43. The van der Waals surface area contributed by atoms with Gasteiger partial charge in [-0.05, 0) is 42.7 Å². The largest absolute Gasteiger partial charge is 0.354 e. The highest BCUT2D eigenvalue weighted by atomic mass is 35.5. The normalized spacial score (nSPS) is 23.3. The molecule has 0 unspecified atom stereocenters. The van der Waals surface area contributed by atoms with Crippen LogP contribution in [0.5, 0.6) is 0 Å². The lowest BCUT2D eigenvalue weighted by molar-refractivity contribution is -0.122. The third kappa shape index (κ3) is 3.44. The zero-order chi connectivity index (χ0) is 18.1. The average Bonchev–Trinajstić information content (AvgIpc) is 3.25. The summed E-state index contributed by atoms with van der Waals surface area (Å²) in [6.07, 6.45) is 6.90. The molecule has 0 saturated heterocycles. The number of nitrogens with zero attached hydrogens (tertiary/aromatic N) is 2. The average molecular weight is 370 g/mol. The van der Waals surface area contributed by atoms with Crippen LogP contribution in [-0.2, 0) is 11.3 Å². The molecule has 134 valence electrons. The minimum atomic E-state index is -0.307. The van der Waals surface area contributed by atoms with Crippen LogP contribution in [0.4, 0.5) is 0 Å². The van der Waals surface area contributed by atoms with Crippen LogP contribution in [0.15, 0.2) is 53.3 Å². The molecule has 6 heteroatoms. The summed E-state index contributed by atoms with van der Waals surface area (Å²) in [4.78, 5) is 24.4. The highest BCUT2D eigenvalue weighted by Crippen LogP contribution is 2.42. The molecule has 1 aromatic heterocycles. The van der Waals surface area contributed by atoms with Gasteiger partial charge in [-0.2, -0.15) is 5.10 Å². The first-order valence-electron chi connectivity index (χ1n) is 8.88. The van der Waals surface area contributed by atoms with E-state index in [0.717, 1.165) is 12.0 Å². The molecule has 2 bridgehead atoms. The fourth-order valence-corrected chi connectivity index (χ4v) is 4.17. The molecular weight excluding hydrogens is 350 g/mol. The van der Waals surface area contributed by atoms with Crippen molar-refractivity contribution in [2.24, 2.45) is 17.8 Å². The first kappa shape index (κ1) is 17.0. The van der Waals surface area contributed by atoms with Crippen molar-refractivity contribution < 1.29 is 4.79 Å².